The van der Waals surface area contributed by atoms with Crippen LogP contribution in [-0.2, 0) is 26.2 Å². The maximum Gasteiger partial charge on any atom is 0.270 e. The third-order valence-electron chi connectivity index (χ3n) is 5.75. The lowest BCUT2D eigenvalue weighted by Crippen LogP contribution is -2.45. The summed E-state index contributed by atoms with van der Waals surface area (Å²) in [7, 11) is -4.00. The lowest BCUT2D eigenvalue weighted by Gasteiger charge is -2.28. The minimum Gasteiger partial charge on any atom is -0.322 e. The van der Waals surface area contributed by atoms with Crippen molar-refractivity contribution in [2.24, 2.45) is 5.14 Å². The van der Waals surface area contributed by atoms with Gasteiger partial charge in [-0.15, -0.1) is 0 Å². The molecule has 13 heteroatoms. The molecule has 1 unspecified atom stereocenters. The van der Waals surface area contributed by atoms with E-state index in [9.17, 15) is 37.3 Å². The lowest BCUT2D eigenvalue weighted by atomic mass is 10.1. The molecule has 2 N–H and O–H groups in total. The molecule has 37 heavy (non-hydrogen) atoms. The molecule has 0 radical (unpaired) electrons. The number of nitro groups is 1. The molecule has 1 saturated heterocycles. The van der Waals surface area contributed by atoms with E-state index in [-0.39, 0.29) is 28.4 Å². The summed E-state index contributed by atoms with van der Waals surface area (Å²) < 4.78 is 36.5. The van der Waals surface area contributed by atoms with E-state index in [2.05, 4.69) is 0 Å². The molecular weight excluding hydrogens is 507 g/mol. The number of primary sulfonamides is 1. The monoisotopic (exact) mass is 526 g/mol. The maximum atomic E-state index is 13.5. The SMILES string of the molecule is NS(=O)(=O)c1ccc(N2C(=O)CC(N(Cc3ccc(F)cc3)C(=O)c3cccc([N+](=O)[O-])c3)C2=O)cc1. The van der Waals surface area contributed by atoms with Crippen molar-refractivity contribution in [3.05, 3.63) is 99.9 Å². The van der Waals surface area contributed by atoms with Gasteiger partial charge in [0.1, 0.15) is 11.9 Å². The zero-order chi connectivity index (χ0) is 26.9. The van der Waals surface area contributed by atoms with Crippen molar-refractivity contribution in [1.29, 1.82) is 0 Å². The molecule has 4 rings (SSSR count). The summed E-state index contributed by atoms with van der Waals surface area (Å²) >= 11 is 0. The quantitative estimate of drug-likeness (QED) is 0.281. The molecule has 1 aliphatic heterocycles. The van der Waals surface area contributed by atoms with Crippen molar-refractivity contribution in [2.75, 3.05) is 4.90 Å². The van der Waals surface area contributed by atoms with E-state index >= 15 is 0 Å². The van der Waals surface area contributed by atoms with Gasteiger partial charge in [-0.05, 0) is 48.0 Å². The molecule has 190 valence electrons. The maximum absolute atomic E-state index is 13.5. The number of sulfonamides is 1. The molecule has 0 aliphatic carbocycles. The first-order valence-corrected chi connectivity index (χ1v) is 12.3. The lowest BCUT2D eigenvalue weighted by molar-refractivity contribution is -0.384. The van der Waals surface area contributed by atoms with Crippen LogP contribution in [0.1, 0.15) is 22.3 Å². The first kappa shape index (κ1) is 25.6. The van der Waals surface area contributed by atoms with E-state index in [0.717, 1.165) is 28.0 Å². The first-order valence-electron chi connectivity index (χ1n) is 10.8. The van der Waals surface area contributed by atoms with Crippen LogP contribution >= 0.6 is 0 Å². The summed E-state index contributed by atoms with van der Waals surface area (Å²) in [5.74, 6) is -2.66. The number of benzene rings is 3. The molecule has 0 bridgehead atoms. The number of carbonyl (C=O) groups is 3. The molecule has 3 aromatic carbocycles. The fraction of sp³-hybridized carbons (Fsp3) is 0.125. The van der Waals surface area contributed by atoms with Crippen molar-refractivity contribution >= 4 is 39.1 Å². The van der Waals surface area contributed by atoms with Gasteiger partial charge in [0.2, 0.25) is 15.9 Å². The van der Waals surface area contributed by atoms with Crippen molar-refractivity contribution in [2.45, 2.75) is 23.9 Å². The number of imide groups is 1. The van der Waals surface area contributed by atoms with E-state index in [0.29, 0.717) is 5.56 Å². The Morgan fingerprint density at radius 1 is 1.08 bits per heavy atom. The van der Waals surface area contributed by atoms with Gasteiger partial charge in [-0.2, -0.15) is 0 Å². The fourth-order valence-corrected chi connectivity index (χ4v) is 4.46. The van der Waals surface area contributed by atoms with Gasteiger partial charge in [-0.1, -0.05) is 18.2 Å². The summed E-state index contributed by atoms with van der Waals surface area (Å²) in [6.07, 6.45) is -0.391. The van der Waals surface area contributed by atoms with E-state index in [1.807, 2.05) is 0 Å². The van der Waals surface area contributed by atoms with Crippen LogP contribution in [0, 0.1) is 15.9 Å². The molecule has 1 aliphatic rings. The first-order chi connectivity index (χ1) is 17.5. The number of halogens is 1. The topological polar surface area (TPSA) is 161 Å². The molecule has 0 saturated carbocycles. The third kappa shape index (κ3) is 5.37. The Hall–Kier alpha value is -4.49. The Morgan fingerprint density at radius 3 is 2.32 bits per heavy atom. The third-order valence-corrected chi connectivity index (χ3v) is 6.68. The van der Waals surface area contributed by atoms with Crippen molar-refractivity contribution in [3.63, 3.8) is 0 Å². The number of nitrogens with two attached hydrogens (primary N) is 1. The van der Waals surface area contributed by atoms with E-state index in [4.69, 9.17) is 5.14 Å². The minimum atomic E-state index is -4.00. The number of anilines is 1. The molecular formula is C24H19FN4O7S. The predicted molar refractivity (Wildman–Crippen MR) is 128 cm³/mol. The largest absolute Gasteiger partial charge is 0.322 e. The van der Waals surface area contributed by atoms with E-state index < -0.39 is 50.9 Å². The van der Waals surface area contributed by atoms with E-state index in [1.165, 1.54) is 54.6 Å². The Labute approximate surface area is 210 Å². The van der Waals surface area contributed by atoms with Crippen LogP contribution in [0.5, 0.6) is 0 Å². The second-order valence-electron chi connectivity index (χ2n) is 8.19. The van der Waals surface area contributed by atoms with Crippen molar-refractivity contribution < 1.29 is 32.1 Å². The number of hydrogen-bond donors (Lipinski definition) is 1. The van der Waals surface area contributed by atoms with Crippen molar-refractivity contribution in [1.82, 2.24) is 4.90 Å². The van der Waals surface area contributed by atoms with E-state index in [1.54, 1.807) is 0 Å². The van der Waals surface area contributed by atoms with Gasteiger partial charge in [-0.3, -0.25) is 24.5 Å². The van der Waals surface area contributed by atoms with Crippen LogP contribution in [0.25, 0.3) is 0 Å². The van der Waals surface area contributed by atoms with Gasteiger partial charge in [0.05, 0.1) is 21.9 Å². The van der Waals surface area contributed by atoms with Gasteiger partial charge in [0.15, 0.2) is 0 Å². The number of hydrogen-bond acceptors (Lipinski definition) is 7. The smallest absolute Gasteiger partial charge is 0.270 e. The molecule has 3 amide bonds. The van der Waals surface area contributed by atoms with Crippen LogP contribution in [0.4, 0.5) is 15.8 Å². The molecule has 1 atom stereocenters. The van der Waals surface area contributed by atoms with Crippen LogP contribution < -0.4 is 10.0 Å². The second kappa shape index (κ2) is 9.87. The molecule has 0 aromatic heterocycles. The zero-order valence-corrected chi connectivity index (χ0v) is 19.8. The van der Waals surface area contributed by atoms with Gasteiger partial charge < -0.3 is 4.90 Å². The number of non-ortho nitro benzene ring substituents is 1. The zero-order valence-electron chi connectivity index (χ0n) is 19.0. The Balaban J connectivity index is 1.70. The molecule has 1 fully saturated rings. The fourth-order valence-electron chi connectivity index (χ4n) is 3.94. The molecule has 3 aromatic rings. The van der Waals surface area contributed by atoms with Gasteiger partial charge >= 0.3 is 0 Å². The second-order valence-corrected chi connectivity index (χ2v) is 9.75. The Bertz CT molecular complexity index is 1510. The number of amides is 3. The minimum absolute atomic E-state index is 0.0764. The summed E-state index contributed by atoms with van der Waals surface area (Å²) in [5.41, 5.74) is 0.122. The highest BCUT2D eigenvalue weighted by Crippen LogP contribution is 2.29. The number of nitrogens with zero attached hydrogens (tertiary/aromatic N) is 3. The van der Waals surface area contributed by atoms with Crippen molar-refractivity contribution in [3.8, 4) is 0 Å². The average molecular weight is 527 g/mol. The highest BCUT2D eigenvalue weighted by Gasteiger charge is 2.44. The summed E-state index contributed by atoms with van der Waals surface area (Å²) in [5, 5.41) is 16.3. The molecule has 0 spiro atoms. The Morgan fingerprint density at radius 2 is 1.73 bits per heavy atom. The number of carbonyl (C=O) groups excluding carboxylic acids is 3. The van der Waals surface area contributed by atoms with Crippen LogP contribution in [-0.4, -0.2) is 42.0 Å². The molecule has 11 nitrogen and oxygen atoms in total. The number of rotatable bonds is 7. The summed E-state index contributed by atoms with van der Waals surface area (Å²) in [6.45, 7) is -0.191. The summed E-state index contributed by atoms with van der Waals surface area (Å²) in [4.78, 5) is 52.0. The highest BCUT2D eigenvalue weighted by atomic mass is 32.2. The van der Waals surface area contributed by atoms with Crippen LogP contribution in [0.2, 0.25) is 0 Å². The Kier molecular flexibility index (Phi) is 6.83. The average Bonchev–Trinajstić information content (AvgIpc) is 3.16. The van der Waals surface area contributed by atoms with Gasteiger partial charge in [-0.25, -0.2) is 22.8 Å². The van der Waals surface area contributed by atoms with Gasteiger partial charge in [0, 0.05) is 24.2 Å². The van der Waals surface area contributed by atoms with Crippen LogP contribution in [0.15, 0.2) is 77.7 Å². The normalized spacial score (nSPS) is 15.6. The standard InChI is InChI=1S/C24H19FN4O7S/c25-17-6-4-15(5-7-17)14-27(23(31)16-2-1-3-19(12-16)29(33)34)21-13-22(30)28(24(21)32)18-8-10-20(11-9-18)37(26,35)36/h1-12,21H,13-14H2,(H2,26,35,36). The summed E-state index contributed by atoms with van der Waals surface area (Å²) in [6, 6.07) is 13.6. The van der Waals surface area contributed by atoms with Crippen LogP contribution in [0.3, 0.4) is 0 Å². The highest BCUT2D eigenvalue weighted by molar-refractivity contribution is 7.89. The van der Waals surface area contributed by atoms with Gasteiger partial charge in [0.25, 0.3) is 17.5 Å². The predicted octanol–water partition coefficient (Wildman–Crippen LogP) is 2.36. The molecule has 1 heterocycles. The number of nitro benzene ring substituents is 1.